The quantitative estimate of drug-likeness (QED) is 0.268. The first-order chi connectivity index (χ1) is 10.1. The van der Waals surface area contributed by atoms with Crippen LogP contribution in [-0.4, -0.2) is 29.0 Å². The van der Waals surface area contributed by atoms with Crippen molar-refractivity contribution in [3.05, 3.63) is 24.0 Å². The minimum atomic E-state index is -0.496. The molecule has 5 heteroatoms. The van der Waals surface area contributed by atoms with E-state index >= 15 is 0 Å². The van der Waals surface area contributed by atoms with Gasteiger partial charge in [-0.25, -0.2) is 4.79 Å². The van der Waals surface area contributed by atoms with Crippen molar-refractivity contribution in [2.24, 2.45) is 5.16 Å². The van der Waals surface area contributed by atoms with Crippen LogP contribution in [0.1, 0.15) is 51.9 Å². The summed E-state index contributed by atoms with van der Waals surface area (Å²) >= 11 is 0. The second kappa shape index (κ2) is 6.78. The van der Waals surface area contributed by atoms with Crippen LogP contribution in [0.2, 0.25) is 0 Å². The third kappa shape index (κ3) is 3.46. The highest BCUT2D eigenvalue weighted by Crippen LogP contribution is 2.42. The average molecular weight is 293 g/mol. The molecule has 0 aromatic carbocycles. The first kappa shape index (κ1) is 15.6. The molecule has 1 spiro atoms. The first-order valence-corrected chi connectivity index (χ1v) is 7.57. The Kier molecular flexibility index (Phi) is 5.04. The SMILES string of the molecule is C=CCO/N=C(\CCC)C1=C(O)CC2(CCCC2)OC1=O. The molecular weight excluding hydrogens is 270 g/mol. The van der Waals surface area contributed by atoms with Gasteiger partial charge in [-0.3, -0.25) is 0 Å². The maximum absolute atomic E-state index is 12.3. The molecule has 0 amide bonds. The van der Waals surface area contributed by atoms with Crippen molar-refractivity contribution >= 4 is 11.7 Å². The molecule has 1 aliphatic carbocycles. The Bertz CT molecular complexity index is 473. The second-order valence-corrected chi connectivity index (χ2v) is 5.65. The number of carbonyl (C=O) groups is 1. The van der Waals surface area contributed by atoms with Crippen molar-refractivity contribution in [3.63, 3.8) is 0 Å². The Labute approximate surface area is 125 Å². The Morgan fingerprint density at radius 3 is 2.81 bits per heavy atom. The zero-order valence-corrected chi connectivity index (χ0v) is 12.6. The molecule has 2 aliphatic rings. The highest BCUT2D eigenvalue weighted by molar-refractivity contribution is 6.20. The van der Waals surface area contributed by atoms with Gasteiger partial charge in [-0.15, -0.1) is 0 Å². The highest BCUT2D eigenvalue weighted by atomic mass is 16.6. The molecule has 0 unspecified atom stereocenters. The normalized spacial score (nSPS) is 21.6. The summed E-state index contributed by atoms with van der Waals surface area (Å²) in [6.07, 6.45) is 7.03. The smallest absolute Gasteiger partial charge is 0.344 e. The summed E-state index contributed by atoms with van der Waals surface area (Å²) < 4.78 is 5.64. The number of aliphatic hydroxyl groups is 1. The molecule has 2 rings (SSSR count). The molecule has 1 saturated carbocycles. The van der Waals surface area contributed by atoms with Gasteiger partial charge in [0.2, 0.25) is 0 Å². The van der Waals surface area contributed by atoms with Crippen molar-refractivity contribution in [1.29, 1.82) is 0 Å². The predicted octanol–water partition coefficient (Wildman–Crippen LogP) is 3.42. The fourth-order valence-corrected chi connectivity index (χ4v) is 3.00. The van der Waals surface area contributed by atoms with E-state index in [9.17, 15) is 9.90 Å². The maximum Gasteiger partial charge on any atom is 0.344 e. The molecule has 1 N–H and O–H groups in total. The summed E-state index contributed by atoms with van der Waals surface area (Å²) in [6.45, 7) is 5.79. The monoisotopic (exact) mass is 293 g/mol. The molecule has 5 nitrogen and oxygen atoms in total. The Morgan fingerprint density at radius 2 is 2.24 bits per heavy atom. The zero-order chi connectivity index (χ0) is 15.3. The van der Waals surface area contributed by atoms with Crippen LogP contribution in [0.15, 0.2) is 29.1 Å². The number of nitrogens with zero attached hydrogens (tertiary/aromatic N) is 1. The molecule has 0 aromatic heterocycles. The van der Waals surface area contributed by atoms with E-state index in [1.807, 2.05) is 6.92 Å². The van der Waals surface area contributed by atoms with Gasteiger partial charge >= 0.3 is 5.97 Å². The van der Waals surface area contributed by atoms with Gasteiger partial charge in [0.25, 0.3) is 0 Å². The number of aliphatic hydroxyl groups excluding tert-OH is 1. The summed E-state index contributed by atoms with van der Waals surface area (Å²) in [6, 6.07) is 0. The van der Waals surface area contributed by atoms with Crippen molar-refractivity contribution in [1.82, 2.24) is 0 Å². The molecule has 0 atom stereocenters. The lowest BCUT2D eigenvalue weighted by Gasteiger charge is -2.33. The van der Waals surface area contributed by atoms with Crippen LogP contribution in [0.4, 0.5) is 0 Å². The summed E-state index contributed by atoms with van der Waals surface area (Å²) in [5.41, 5.74) is 0.136. The van der Waals surface area contributed by atoms with Gasteiger partial charge < -0.3 is 14.7 Å². The number of carbonyl (C=O) groups excluding carboxylic acids is 1. The summed E-state index contributed by atoms with van der Waals surface area (Å²) in [4.78, 5) is 17.4. The van der Waals surface area contributed by atoms with Gasteiger partial charge in [-0.1, -0.05) is 31.2 Å². The fraction of sp³-hybridized carbons (Fsp3) is 0.625. The fourth-order valence-electron chi connectivity index (χ4n) is 3.00. The van der Waals surface area contributed by atoms with Gasteiger partial charge in [0.1, 0.15) is 23.5 Å². The van der Waals surface area contributed by atoms with Crippen LogP contribution in [0.3, 0.4) is 0 Å². The first-order valence-electron chi connectivity index (χ1n) is 7.57. The molecule has 116 valence electrons. The number of rotatable bonds is 6. The van der Waals surface area contributed by atoms with Crippen molar-refractivity contribution in [2.45, 2.75) is 57.5 Å². The summed E-state index contributed by atoms with van der Waals surface area (Å²) in [5, 5.41) is 14.3. The summed E-state index contributed by atoms with van der Waals surface area (Å²) in [7, 11) is 0. The predicted molar refractivity (Wildman–Crippen MR) is 80.1 cm³/mol. The number of hydrogen-bond acceptors (Lipinski definition) is 5. The van der Waals surface area contributed by atoms with Gasteiger partial charge in [0.15, 0.2) is 0 Å². The molecule has 1 fully saturated rings. The average Bonchev–Trinajstić information content (AvgIpc) is 2.86. The van der Waals surface area contributed by atoms with Gasteiger partial charge in [-0.05, 0) is 32.1 Å². The molecule has 0 bridgehead atoms. The van der Waals surface area contributed by atoms with Crippen LogP contribution >= 0.6 is 0 Å². The lowest BCUT2D eigenvalue weighted by Crippen LogP contribution is -2.39. The Morgan fingerprint density at radius 1 is 1.52 bits per heavy atom. The third-order valence-corrected chi connectivity index (χ3v) is 3.95. The number of ether oxygens (including phenoxy) is 1. The van der Waals surface area contributed by atoms with E-state index in [2.05, 4.69) is 11.7 Å². The van der Waals surface area contributed by atoms with E-state index in [1.54, 1.807) is 6.08 Å². The highest BCUT2D eigenvalue weighted by Gasteiger charge is 2.44. The van der Waals surface area contributed by atoms with Gasteiger partial charge in [0.05, 0.1) is 5.71 Å². The maximum atomic E-state index is 12.3. The number of oxime groups is 1. The van der Waals surface area contributed by atoms with Gasteiger partial charge in [0, 0.05) is 6.42 Å². The van der Waals surface area contributed by atoms with Crippen LogP contribution in [0.5, 0.6) is 0 Å². The van der Waals surface area contributed by atoms with Crippen LogP contribution < -0.4 is 0 Å². The number of hydrogen-bond donors (Lipinski definition) is 1. The molecule has 1 heterocycles. The van der Waals surface area contributed by atoms with Gasteiger partial charge in [-0.2, -0.15) is 0 Å². The van der Waals surface area contributed by atoms with E-state index in [0.29, 0.717) is 18.6 Å². The van der Waals surface area contributed by atoms with E-state index in [0.717, 1.165) is 32.1 Å². The van der Waals surface area contributed by atoms with E-state index in [4.69, 9.17) is 9.57 Å². The minimum absolute atomic E-state index is 0.0857. The Hall–Kier alpha value is -1.78. The molecule has 21 heavy (non-hydrogen) atoms. The minimum Gasteiger partial charge on any atom is -0.511 e. The second-order valence-electron chi connectivity index (χ2n) is 5.65. The number of esters is 1. The zero-order valence-electron chi connectivity index (χ0n) is 12.6. The van der Waals surface area contributed by atoms with Crippen molar-refractivity contribution < 1.29 is 19.5 Å². The van der Waals surface area contributed by atoms with Crippen LogP contribution in [0, 0.1) is 0 Å². The molecule has 0 aromatic rings. The standard InChI is InChI=1S/C16H23NO4/c1-3-7-12(17-20-10-4-2)14-13(18)11-16(21-15(14)19)8-5-6-9-16/h4,18H,2-3,5-11H2,1H3/b17-12+. The van der Waals surface area contributed by atoms with E-state index < -0.39 is 11.6 Å². The lowest BCUT2D eigenvalue weighted by atomic mass is 9.90. The van der Waals surface area contributed by atoms with Crippen LogP contribution in [0.25, 0.3) is 0 Å². The molecule has 0 saturated heterocycles. The topological polar surface area (TPSA) is 68.1 Å². The van der Waals surface area contributed by atoms with E-state index in [1.165, 1.54) is 0 Å². The largest absolute Gasteiger partial charge is 0.511 e. The Balaban J connectivity index is 2.24. The van der Waals surface area contributed by atoms with Crippen molar-refractivity contribution in [3.8, 4) is 0 Å². The summed E-state index contributed by atoms with van der Waals surface area (Å²) in [5.74, 6) is -0.391. The third-order valence-electron chi connectivity index (χ3n) is 3.95. The molecular formula is C16H23NO4. The molecule has 0 radical (unpaired) electrons. The van der Waals surface area contributed by atoms with Crippen LogP contribution in [-0.2, 0) is 14.4 Å². The molecule has 1 aliphatic heterocycles. The van der Waals surface area contributed by atoms with E-state index in [-0.39, 0.29) is 17.9 Å². The van der Waals surface area contributed by atoms with Crippen molar-refractivity contribution in [2.75, 3.05) is 6.61 Å². The lowest BCUT2D eigenvalue weighted by molar-refractivity contribution is -0.157.